The molecule has 172 valence electrons. The minimum atomic E-state index is -3.91. The monoisotopic (exact) mass is 566 g/mol. The maximum absolute atomic E-state index is 13.0. The van der Waals surface area contributed by atoms with Gasteiger partial charge in [0.15, 0.2) is 11.6 Å². The van der Waals surface area contributed by atoms with Crippen LogP contribution in [0.25, 0.3) is 11.0 Å². The number of sulfonamides is 1. The number of hydrogen-bond acceptors (Lipinski definition) is 9. The van der Waals surface area contributed by atoms with E-state index in [1.54, 1.807) is 31.2 Å². The number of para-hydroxylation sites is 2. The van der Waals surface area contributed by atoms with Gasteiger partial charge in [-0.1, -0.05) is 12.1 Å². The maximum atomic E-state index is 13.0. The van der Waals surface area contributed by atoms with Crippen molar-refractivity contribution in [3.05, 3.63) is 56.2 Å². The molecule has 4 rings (SSSR count). The highest BCUT2D eigenvalue weighted by atomic mass is 79.9. The predicted molar refractivity (Wildman–Crippen MR) is 135 cm³/mol. The van der Waals surface area contributed by atoms with Crippen LogP contribution in [0.4, 0.5) is 16.6 Å². The first kappa shape index (κ1) is 23.6. The van der Waals surface area contributed by atoms with Gasteiger partial charge in [-0.25, -0.2) is 23.2 Å². The number of benzene rings is 1. The highest BCUT2D eigenvalue weighted by molar-refractivity contribution is 9.11. The lowest BCUT2D eigenvalue weighted by atomic mass is 10.1. The highest BCUT2D eigenvalue weighted by Crippen LogP contribution is 2.37. The maximum Gasteiger partial charge on any atom is 0.341 e. The molecule has 3 heterocycles. The van der Waals surface area contributed by atoms with Crippen molar-refractivity contribution >= 4 is 82.3 Å². The summed E-state index contributed by atoms with van der Waals surface area (Å²) in [6.45, 7) is 5.72. The van der Waals surface area contributed by atoms with Crippen LogP contribution < -0.4 is 10.0 Å². The van der Waals surface area contributed by atoms with Crippen molar-refractivity contribution in [1.29, 1.82) is 0 Å². The number of ether oxygens (including phenoxy) is 1. The largest absolute Gasteiger partial charge is 0.462 e. The lowest BCUT2D eigenvalue weighted by Gasteiger charge is -2.13. The van der Waals surface area contributed by atoms with Crippen molar-refractivity contribution in [3.63, 3.8) is 0 Å². The van der Waals surface area contributed by atoms with Crippen molar-refractivity contribution in [3.8, 4) is 0 Å². The van der Waals surface area contributed by atoms with Gasteiger partial charge in [-0.15, -0.1) is 22.7 Å². The molecule has 0 unspecified atom stereocenters. The van der Waals surface area contributed by atoms with E-state index in [2.05, 4.69) is 35.9 Å². The third-order valence-corrected chi connectivity index (χ3v) is 9.29. The van der Waals surface area contributed by atoms with E-state index >= 15 is 0 Å². The van der Waals surface area contributed by atoms with Crippen LogP contribution in [0, 0.1) is 13.8 Å². The fourth-order valence-corrected chi connectivity index (χ4v) is 7.12. The van der Waals surface area contributed by atoms with E-state index in [-0.39, 0.29) is 22.5 Å². The molecule has 0 saturated carbocycles. The molecule has 0 fully saturated rings. The van der Waals surface area contributed by atoms with Crippen LogP contribution in [0.3, 0.4) is 0 Å². The van der Waals surface area contributed by atoms with E-state index in [1.807, 2.05) is 19.9 Å². The Kier molecular flexibility index (Phi) is 6.71. The number of carbonyl (C=O) groups is 1. The molecule has 0 saturated heterocycles. The summed E-state index contributed by atoms with van der Waals surface area (Å²) in [5.41, 5.74) is 2.28. The third kappa shape index (κ3) is 4.88. The Balaban J connectivity index is 1.81. The first-order valence-electron chi connectivity index (χ1n) is 9.78. The number of halogens is 1. The molecule has 0 amide bonds. The molecular weight excluding hydrogens is 548 g/mol. The second-order valence-electron chi connectivity index (χ2n) is 6.91. The Morgan fingerprint density at radius 2 is 1.73 bits per heavy atom. The SMILES string of the molecule is CCOC(=O)c1c(Nc2nc3ccccc3nc2NS(=O)(=O)c2ccc(Br)s2)sc(C)c1C. The molecule has 0 aliphatic heterocycles. The lowest BCUT2D eigenvalue weighted by molar-refractivity contribution is 0.0527. The number of rotatable bonds is 7. The molecule has 0 radical (unpaired) electrons. The molecular formula is C21H19BrN4O4S3. The molecule has 1 aromatic carbocycles. The Morgan fingerprint density at radius 3 is 2.33 bits per heavy atom. The van der Waals surface area contributed by atoms with Crippen molar-refractivity contribution < 1.29 is 17.9 Å². The van der Waals surface area contributed by atoms with Gasteiger partial charge in [-0.3, -0.25) is 4.72 Å². The third-order valence-electron chi connectivity index (χ3n) is 4.71. The number of anilines is 3. The number of hydrogen-bond donors (Lipinski definition) is 2. The fourth-order valence-electron chi connectivity index (χ4n) is 3.05. The quantitative estimate of drug-likeness (QED) is 0.270. The minimum Gasteiger partial charge on any atom is -0.462 e. The van der Waals surface area contributed by atoms with Gasteiger partial charge >= 0.3 is 5.97 Å². The van der Waals surface area contributed by atoms with Crippen LogP contribution in [0.1, 0.15) is 27.7 Å². The molecule has 0 aliphatic carbocycles. The summed E-state index contributed by atoms with van der Waals surface area (Å²) in [6.07, 6.45) is 0. The van der Waals surface area contributed by atoms with E-state index in [0.717, 1.165) is 21.8 Å². The Hall–Kier alpha value is -2.54. The number of aryl methyl sites for hydroxylation is 1. The first-order valence-corrected chi connectivity index (χ1v) is 13.7. The zero-order chi connectivity index (χ0) is 23.8. The number of fused-ring (bicyclic) bond motifs is 1. The van der Waals surface area contributed by atoms with Crippen LogP contribution in [0.15, 0.2) is 44.4 Å². The summed E-state index contributed by atoms with van der Waals surface area (Å²) < 4.78 is 34.5. The van der Waals surface area contributed by atoms with Gasteiger partial charge in [0.05, 0.1) is 27.0 Å². The molecule has 4 aromatic rings. The zero-order valence-corrected chi connectivity index (χ0v) is 21.8. The van der Waals surface area contributed by atoms with E-state index in [1.165, 1.54) is 17.4 Å². The van der Waals surface area contributed by atoms with Crippen molar-refractivity contribution in [2.45, 2.75) is 25.0 Å². The van der Waals surface area contributed by atoms with Crippen molar-refractivity contribution in [1.82, 2.24) is 9.97 Å². The molecule has 0 atom stereocenters. The summed E-state index contributed by atoms with van der Waals surface area (Å²) in [7, 11) is -3.91. The number of thiophene rings is 2. The fraction of sp³-hybridized carbons (Fsp3) is 0.190. The second kappa shape index (κ2) is 9.37. The van der Waals surface area contributed by atoms with Gasteiger partial charge < -0.3 is 10.1 Å². The molecule has 0 spiro atoms. The molecule has 2 N–H and O–H groups in total. The summed E-state index contributed by atoms with van der Waals surface area (Å²) in [5.74, 6) is -0.252. The average Bonchev–Trinajstić information content (AvgIpc) is 3.32. The van der Waals surface area contributed by atoms with Crippen LogP contribution in [-0.2, 0) is 14.8 Å². The predicted octanol–water partition coefficient (Wildman–Crippen LogP) is 5.85. The molecule has 3 aromatic heterocycles. The number of esters is 1. The smallest absolute Gasteiger partial charge is 0.341 e. The number of aromatic nitrogens is 2. The first-order chi connectivity index (χ1) is 15.7. The van der Waals surface area contributed by atoms with Crippen LogP contribution in [-0.4, -0.2) is 31.0 Å². The van der Waals surface area contributed by atoms with Crippen LogP contribution in [0.2, 0.25) is 0 Å². The average molecular weight is 568 g/mol. The van der Waals surface area contributed by atoms with Gasteiger partial charge in [0, 0.05) is 4.88 Å². The summed E-state index contributed by atoms with van der Waals surface area (Å²) >= 11 is 5.73. The lowest BCUT2D eigenvalue weighted by Crippen LogP contribution is -2.15. The van der Waals surface area contributed by atoms with Crippen molar-refractivity contribution in [2.75, 3.05) is 16.6 Å². The minimum absolute atomic E-state index is 0.0248. The number of nitrogens with zero attached hydrogens (tertiary/aromatic N) is 2. The van der Waals surface area contributed by atoms with E-state index in [9.17, 15) is 13.2 Å². The van der Waals surface area contributed by atoms with Gasteiger partial charge in [0.25, 0.3) is 10.0 Å². The van der Waals surface area contributed by atoms with Gasteiger partial charge in [-0.2, -0.15) is 0 Å². The summed E-state index contributed by atoms with van der Waals surface area (Å²) in [6, 6.07) is 10.3. The normalized spacial score (nSPS) is 11.5. The van der Waals surface area contributed by atoms with E-state index in [0.29, 0.717) is 25.4 Å². The molecule has 8 nitrogen and oxygen atoms in total. The Labute approximate surface area is 207 Å². The molecule has 33 heavy (non-hydrogen) atoms. The molecule has 0 aliphatic rings. The van der Waals surface area contributed by atoms with Gasteiger partial charge in [0.2, 0.25) is 0 Å². The summed E-state index contributed by atoms with van der Waals surface area (Å²) in [4.78, 5) is 22.6. The molecule has 12 heteroatoms. The van der Waals surface area contributed by atoms with Gasteiger partial charge in [0.1, 0.15) is 9.21 Å². The standard InChI is InChI=1S/C21H19BrN4O4S3/c1-4-30-21(27)17-11(2)12(3)31-20(17)25-18-19(24-14-8-6-5-7-13(14)23-18)26-33(28,29)16-10-9-15(22)32-16/h5-10H,4H2,1-3H3,(H,23,25)(H,24,26). The zero-order valence-electron chi connectivity index (χ0n) is 17.8. The second-order valence-corrected chi connectivity index (χ2v) is 12.5. The van der Waals surface area contributed by atoms with Gasteiger partial charge in [-0.05, 0) is 66.5 Å². The van der Waals surface area contributed by atoms with Crippen LogP contribution >= 0.6 is 38.6 Å². The van der Waals surface area contributed by atoms with E-state index < -0.39 is 16.0 Å². The highest BCUT2D eigenvalue weighted by Gasteiger charge is 2.24. The van der Waals surface area contributed by atoms with Crippen molar-refractivity contribution in [2.24, 2.45) is 0 Å². The Morgan fingerprint density at radius 1 is 1.06 bits per heavy atom. The number of nitrogens with one attached hydrogen (secondary N) is 2. The number of carbonyl (C=O) groups excluding carboxylic acids is 1. The van der Waals surface area contributed by atoms with E-state index in [4.69, 9.17) is 4.74 Å². The van der Waals surface area contributed by atoms with Crippen LogP contribution in [0.5, 0.6) is 0 Å². The topological polar surface area (TPSA) is 110 Å². The Bertz CT molecular complexity index is 1460. The molecule has 0 bridgehead atoms. The summed E-state index contributed by atoms with van der Waals surface area (Å²) in [5, 5.41) is 3.63.